The molecule has 0 aliphatic rings. The van der Waals surface area contributed by atoms with Gasteiger partial charge in [0.05, 0.1) is 14.2 Å². The summed E-state index contributed by atoms with van der Waals surface area (Å²) in [5.41, 5.74) is 0.941. The number of furan rings is 1. The molecule has 2 aromatic rings. The molecule has 1 aromatic carbocycles. The zero-order valence-electron chi connectivity index (χ0n) is 10.1. The number of carbonyl (C=O) groups excluding carboxylic acids is 1. The van der Waals surface area contributed by atoms with Crippen molar-refractivity contribution in [3.05, 3.63) is 29.5 Å². The molecule has 0 saturated carbocycles. The maximum absolute atomic E-state index is 11.7. The Morgan fingerprint density at radius 2 is 2.06 bits per heavy atom. The molecule has 0 amide bonds. The highest BCUT2D eigenvalue weighted by molar-refractivity contribution is 6.02. The summed E-state index contributed by atoms with van der Waals surface area (Å²) in [6.45, 7) is 1.99. The average molecular weight is 234 g/mol. The van der Waals surface area contributed by atoms with Crippen molar-refractivity contribution >= 4 is 16.9 Å². The number of methoxy groups -OCH3 is 2. The maximum Gasteiger partial charge on any atom is 0.341 e. The number of fused-ring (bicyclic) bond motifs is 1. The lowest BCUT2D eigenvalue weighted by molar-refractivity contribution is 0.0601. The number of carbonyl (C=O) groups is 1. The van der Waals surface area contributed by atoms with Crippen molar-refractivity contribution in [1.82, 2.24) is 0 Å². The van der Waals surface area contributed by atoms with Crippen LogP contribution in [-0.4, -0.2) is 20.2 Å². The van der Waals surface area contributed by atoms with E-state index < -0.39 is 5.97 Å². The number of hydrogen-bond donors (Lipinski definition) is 0. The molecule has 1 heterocycles. The molecule has 0 atom stereocenters. The fourth-order valence-corrected chi connectivity index (χ4v) is 1.73. The molecule has 0 bridgehead atoms. The third kappa shape index (κ3) is 1.98. The smallest absolute Gasteiger partial charge is 0.341 e. The topological polar surface area (TPSA) is 48.7 Å². The molecular formula is C13H14O4. The molecule has 0 saturated heterocycles. The van der Waals surface area contributed by atoms with E-state index in [-0.39, 0.29) is 0 Å². The second-order valence-corrected chi connectivity index (χ2v) is 3.65. The van der Waals surface area contributed by atoms with E-state index in [0.717, 1.165) is 17.6 Å². The largest absolute Gasteiger partial charge is 0.497 e. The number of rotatable bonds is 3. The normalized spacial score (nSPS) is 10.5. The van der Waals surface area contributed by atoms with Gasteiger partial charge in [-0.2, -0.15) is 0 Å². The van der Waals surface area contributed by atoms with Gasteiger partial charge in [-0.15, -0.1) is 0 Å². The Morgan fingerprint density at radius 1 is 1.29 bits per heavy atom. The zero-order valence-corrected chi connectivity index (χ0v) is 10.1. The fraction of sp³-hybridized carbons (Fsp3) is 0.308. The first-order valence-corrected chi connectivity index (χ1v) is 5.38. The third-order valence-electron chi connectivity index (χ3n) is 2.63. The summed E-state index contributed by atoms with van der Waals surface area (Å²) < 4.78 is 15.5. The van der Waals surface area contributed by atoms with Crippen LogP contribution in [0.15, 0.2) is 22.6 Å². The van der Waals surface area contributed by atoms with Crippen molar-refractivity contribution < 1.29 is 18.7 Å². The minimum Gasteiger partial charge on any atom is -0.497 e. The first-order valence-electron chi connectivity index (χ1n) is 5.38. The summed E-state index contributed by atoms with van der Waals surface area (Å²) in [5.74, 6) is 1.02. The highest BCUT2D eigenvalue weighted by Crippen LogP contribution is 2.29. The van der Waals surface area contributed by atoms with Crippen LogP contribution < -0.4 is 4.74 Å². The van der Waals surface area contributed by atoms with Crippen LogP contribution >= 0.6 is 0 Å². The van der Waals surface area contributed by atoms with Crippen molar-refractivity contribution in [3.8, 4) is 5.75 Å². The molecule has 0 aliphatic heterocycles. The summed E-state index contributed by atoms with van der Waals surface area (Å²) in [4.78, 5) is 11.7. The highest BCUT2D eigenvalue weighted by atomic mass is 16.5. The van der Waals surface area contributed by atoms with Crippen molar-refractivity contribution in [2.45, 2.75) is 13.3 Å². The number of aryl methyl sites for hydroxylation is 1. The molecule has 90 valence electrons. The first kappa shape index (κ1) is 11.5. The van der Waals surface area contributed by atoms with Gasteiger partial charge >= 0.3 is 5.97 Å². The number of benzene rings is 1. The van der Waals surface area contributed by atoms with E-state index in [9.17, 15) is 4.79 Å². The Kier molecular flexibility index (Phi) is 3.04. The lowest BCUT2D eigenvalue weighted by Gasteiger charge is -2.04. The second kappa shape index (κ2) is 4.49. The van der Waals surface area contributed by atoms with Crippen LogP contribution in [0.5, 0.6) is 5.75 Å². The molecule has 2 rings (SSSR count). The van der Waals surface area contributed by atoms with E-state index in [1.807, 2.05) is 19.1 Å². The van der Waals surface area contributed by atoms with Crippen LogP contribution in [-0.2, 0) is 11.2 Å². The van der Waals surface area contributed by atoms with Gasteiger partial charge in [-0.05, 0) is 18.2 Å². The van der Waals surface area contributed by atoms with E-state index in [2.05, 4.69) is 0 Å². The minimum absolute atomic E-state index is 0.390. The summed E-state index contributed by atoms with van der Waals surface area (Å²) in [5, 5.41) is 0.849. The second-order valence-electron chi connectivity index (χ2n) is 3.65. The number of hydrogen-bond acceptors (Lipinski definition) is 4. The van der Waals surface area contributed by atoms with Gasteiger partial charge in [0.2, 0.25) is 0 Å². The molecule has 0 radical (unpaired) electrons. The third-order valence-corrected chi connectivity index (χ3v) is 2.63. The van der Waals surface area contributed by atoms with Gasteiger partial charge in [0.15, 0.2) is 0 Å². The molecule has 17 heavy (non-hydrogen) atoms. The van der Waals surface area contributed by atoms with Crippen LogP contribution in [0, 0.1) is 0 Å². The van der Waals surface area contributed by atoms with Crippen LogP contribution in [0.3, 0.4) is 0 Å². The van der Waals surface area contributed by atoms with Crippen LogP contribution in [0.1, 0.15) is 23.0 Å². The van der Waals surface area contributed by atoms with Gasteiger partial charge in [0, 0.05) is 11.8 Å². The average Bonchev–Trinajstić information content (AvgIpc) is 2.79. The van der Waals surface area contributed by atoms with Gasteiger partial charge in [-0.1, -0.05) is 6.92 Å². The van der Waals surface area contributed by atoms with E-state index in [4.69, 9.17) is 13.9 Å². The molecule has 0 unspecified atom stereocenters. The summed E-state index contributed by atoms with van der Waals surface area (Å²) in [7, 11) is 2.90. The summed E-state index contributed by atoms with van der Waals surface area (Å²) >= 11 is 0. The lowest BCUT2D eigenvalue weighted by atomic mass is 10.1. The van der Waals surface area contributed by atoms with Gasteiger partial charge in [-0.25, -0.2) is 4.79 Å². The minimum atomic E-state index is -0.425. The number of esters is 1. The van der Waals surface area contributed by atoms with Gasteiger partial charge in [-0.3, -0.25) is 0 Å². The Labute approximate surface area is 99.1 Å². The Morgan fingerprint density at radius 3 is 2.65 bits per heavy atom. The standard InChI is InChI=1S/C13H14O4/c1-4-9-5-8-6-10(15-2)7-11(12(8)17-9)13(14)16-3/h5-7H,4H2,1-3H3. The number of ether oxygens (including phenoxy) is 2. The molecule has 0 N–H and O–H groups in total. The van der Waals surface area contributed by atoms with E-state index in [0.29, 0.717) is 16.9 Å². The molecule has 0 aliphatic carbocycles. The van der Waals surface area contributed by atoms with E-state index in [1.54, 1.807) is 13.2 Å². The monoisotopic (exact) mass is 234 g/mol. The SMILES string of the molecule is CCc1cc2cc(OC)cc(C(=O)OC)c2o1. The van der Waals surface area contributed by atoms with E-state index >= 15 is 0 Å². The van der Waals surface area contributed by atoms with Gasteiger partial charge < -0.3 is 13.9 Å². The van der Waals surface area contributed by atoms with Crippen molar-refractivity contribution in [2.75, 3.05) is 14.2 Å². The first-order chi connectivity index (χ1) is 8.19. The quantitative estimate of drug-likeness (QED) is 0.766. The molecule has 4 heteroatoms. The lowest BCUT2D eigenvalue weighted by Crippen LogP contribution is -2.02. The summed E-state index contributed by atoms with van der Waals surface area (Å²) in [6, 6.07) is 5.37. The van der Waals surface area contributed by atoms with Crippen LogP contribution in [0.4, 0.5) is 0 Å². The molecular weight excluding hydrogens is 220 g/mol. The van der Waals surface area contributed by atoms with Crippen molar-refractivity contribution in [1.29, 1.82) is 0 Å². The Bertz CT molecular complexity index is 554. The Balaban J connectivity index is 2.69. The zero-order chi connectivity index (χ0) is 12.4. The van der Waals surface area contributed by atoms with Crippen molar-refractivity contribution in [2.24, 2.45) is 0 Å². The highest BCUT2D eigenvalue weighted by Gasteiger charge is 2.16. The molecule has 0 fully saturated rings. The predicted octanol–water partition coefficient (Wildman–Crippen LogP) is 2.79. The van der Waals surface area contributed by atoms with Gasteiger partial charge in [0.1, 0.15) is 22.7 Å². The summed E-state index contributed by atoms with van der Waals surface area (Å²) in [6.07, 6.45) is 0.775. The molecule has 1 aromatic heterocycles. The molecule has 0 spiro atoms. The van der Waals surface area contributed by atoms with Crippen LogP contribution in [0.25, 0.3) is 11.0 Å². The predicted molar refractivity (Wildman–Crippen MR) is 63.5 cm³/mol. The van der Waals surface area contributed by atoms with Crippen LogP contribution in [0.2, 0.25) is 0 Å². The van der Waals surface area contributed by atoms with Crippen molar-refractivity contribution in [3.63, 3.8) is 0 Å². The van der Waals surface area contributed by atoms with Gasteiger partial charge in [0.25, 0.3) is 0 Å². The van der Waals surface area contributed by atoms with E-state index in [1.165, 1.54) is 7.11 Å². The molecule has 4 nitrogen and oxygen atoms in total. The Hall–Kier alpha value is -1.97. The fourth-order valence-electron chi connectivity index (χ4n) is 1.73. The maximum atomic E-state index is 11.7.